The molecule has 20 nitrogen and oxygen atoms in total. The second kappa shape index (κ2) is 14.6. The van der Waals surface area contributed by atoms with Crippen LogP contribution in [-0.2, 0) is 33.3 Å². The molecule has 3 saturated heterocycles. The number of aliphatic carboxylic acids is 1. The average Bonchev–Trinajstić information content (AvgIpc) is 2.96. The van der Waals surface area contributed by atoms with E-state index in [1.54, 1.807) is 0 Å². The molecule has 0 radical (unpaired) electrons. The van der Waals surface area contributed by atoms with Crippen molar-refractivity contribution in [3.8, 4) is 0 Å². The SMILES string of the molecule is CC(=O)N[C@H]1C(O)O[C@H](CO[C@]2(C(=O)O)C[C@H](O)[C@@H](O)[C@H]([C@H](O)[C@H](O)CO)O2)[C@H](O)[C@@H]1O[C@H]1O[C@H](CO)[C@H](O)[C@H](O)[C@H]1O. The normalized spacial score (nSPS) is 45.3. The van der Waals surface area contributed by atoms with Gasteiger partial charge in [-0.05, 0) is 0 Å². The van der Waals surface area contributed by atoms with Gasteiger partial charge in [-0.25, -0.2) is 4.79 Å². The minimum absolute atomic E-state index is 0.736. The van der Waals surface area contributed by atoms with E-state index in [0.717, 1.165) is 6.92 Å². The molecule has 0 spiro atoms. The summed E-state index contributed by atoms with van der Waals surface area (Å²) in [5.74, 6) is -5.46. The summed E-state index contributed by atoms with van der Waals surface area (Å²) in [6.45, 7) is -1.75. The van der Waals surface area contributed by atoms with Crippen molar-refractivity contribution in [1.82, 2.24) is 5.32 Å². The summed E-state index contributed by atoms with van der Waals surface area (Å²) in [5.41, 5.74) is 0. The first kappa shape index (κ1) is 35.8. The van der Waals surface area contributed by atoms with Crippen molar-refractivity contribution in [2.45, 2.75) is 111 Å². The molecular weight excluding hydrogens is 594 g/mol. The Kier molecular flexibility index (Phi) is 12.1. The van der Waals surface area contributed by atoms with Gasteiger partial charge in [0.15, 0.2) is 12.6 Å². The van der Waals surface area contributed by atoms with Gasteiger partial charge < -0.3 is 90.3 Å². The molecule has 1 unspecified atom stereocenters. The van der Waals surface area contributed by atoms with E-state index in [-0.39, 0.29) is 0 Å². The molecule has 0 aliphatic carbocycles. The quantitative estimate of drug-likeness (QED) is 0.100. The van der Waals surface area contributed by atoms with Crippen LogP contribution in [0.5, 0.6) is 0 Å². The smallest absolute Gasteiger partial charge is 0.364 e. The van der Waals surface area contributed by atoms with Crippen molar-refractivity contribution in [2.24, 2.45) is 0 Å². The fraction of sp³-hybridized carbons (Fsp3) is 0.913. The third-order valence-corrected chi connectivity index (χ3v) is 7.46. The number of nitrogens with one attached hydrogen (secondary N) is 1. The van der Waals surface area contributed by atoms with Crippen molar-refractivity contribution >= 4 is 11.9 Å². The zero-order valence-electron chi connectivity index (χ0n) is 22.7. The maximum Gasteiger partial charge on any atom is 0.364 e. The molecule has 3 aliphatic rings. The van der Waals surface area contributed by atoms with Gasteiger partial charge in [0.25, 0.3) is 5.79 Å². The largest absolute Gasteiger partial charge is 0.477 e. The first-order chi connectivity index (χ1) is 20.1. The van der Waals surface area contributed by atoms with Gasteiger partial charge in [0.2, 0.25) is 5.91 Å². The Balaban J connectivity index is 1.84. The molecule has 13 N–H and O–H groups in total. The van der Waals surface area contributed by atoms with Gasteiger partial charge in [0, 0.05) is 13.3 Å². The number of carbonyl (C=O) groups is 2. The summed E-state index contributed by atoms with van der Waals surface area (Å²) in [7, 11) is 0. The maximum absolute atomic E-state index is 12.2. The number of aliphatic hydroxyl groups excluding tert-OH is 11. The fourth-order valence-electron chi connectivity index (χ4n) is 5.02. The predicted octanol–water partition coefficient (Wildman–Crippen LogP) is -8.22. The number of rotatable bonds is 11. The number of ether oxygens (including phenoxy) is 5. The second-order valence-corrected chi connectivity index (χ2v) is 10.5. The number of amides is 1. The Morgan fingerprint density at radius 3 is 2.14 bits per heavy atom. The van der Waals surface area contributed by atoms with Crippen LogP contribution in [0.1, 0.15) is 13.3 Å². The highest BCUT2D eigenvalue weighted by Gasteiger charge is 2.57. The van der Waals surface area contributed by atoms with Crippen LogP contribution in [0.15, 0.2) is 0 Å². The summed E-state index contributed by atoms with van der Waals surface area (Å²) < 4.78 is 26.8. The van der Waals surface area contributed by atoms with E-state index in [1.807, 2.05) is 0 Å². The molecule has 0 aromatic carbocycles. The standard InChI is InChI=1S/C23H39NO19/c1-6(27)24-11-18(42-21-17(35)16(34)14(32)9(4-26)41-21)15(33)10(40-20(11)36)5-39-23(22(37)38)2-7(28)12(30)19(43-23)13(31)8(29)3-25/h7-21,25-26,28-36H,2-5H2,1H3,(H,24,27)(H,37,38)/t7-,8+,9+,10+,11+,12+,13+,14-,15-,16-,17+,18+,19+,20?,21+,23+/m0/s1. The molecule has 0 saturated carbocycles. The molecule has 3 heterocycles. The van der Waals surface area contributed by atoms with Crippen molar-refractivity contribution in [3.63, 3.8) is 0 Å². The average molecular weight is 634 g/mol. The van der Waals surface area contributed by atoms with E-state index in [2.05, 4.69) is 5.32 Å². The topological polar surface area (TPSA) is 335 Å². The number of aliphatic hydroxyl groups is 11. The summed E-state index contributed by atoms with van der Waals surface area (Å²) in [5, 5.41) is 123. The lowest BCUT2D eigenvalue weighted by Gasteiger charge is -2.48. The summed E-state index contributed by atoms with van der Waals surface area (Å²) in [6.07, 6.45) is -27.0. The zero-order chi connectivity index (χ0) is 32.4. The van der Waals surface area contributed by atoms with Gasteiger partial charge in [0.05, 0.1) is 25.9 Å². The Labute approximate surface area is 243 Å². The molecule has 0 aromatic rings. The Morgan fingerprint density at radius 2 is 1.58 bits per heavy atom. The van der Waals surface area contributed by atoms with Crippen LogP contribution in [0, 0.1) is 0 Å². The van der Waals surface area contributed by atoms with Crippen LogP contribution < -0.4 is 5.32 Å². The molecule has 3 fully saturated rings. The number of hydrogen-bond acceptors (Lipinski definition) is 18. The van der Waals surface area contributed by atoms with E-state index in [1.165, 1.54) is 0 Å². The number of hydrogen-bond donors (Lipinski definition) is 13. The highest BCUT2D eigenvalue weighted by atomic mass is 16.7. The number of carboxylic acids is 1. The van der Waals surface area contributed by atoms with E-state index in [0.29, 0.717) is 0 Å². The maximum atomic E-state index is 12.2. The molecule has 250 valence electrons. The molecule has 20 heteroatoms. The van der Waals surface area contributed by atoms with Gasteiger partial charge >= 0.3 is 5.97 Å². The minimum Gasteiger partial charge on any atom is -0.477 e. The first-order valence-electron chi connectivity index (χ1n) is 13.2. The van der Waals surface area contributed by atoms with Gasteiger partial charge in [0.1, 0.15) is 73.2 Å². The Hall–Kier alpha value is -1.70. The molecule has 1 amide bonds. The summed E-state index contributed by atoms with van der Waals surface area (Å²) in [6, 6.07) is -1.56. The van der Waals surface area contributed by atoms with E-state index in [4.69, 9.17) is 28.8 Å². The number of carboxylic acid groups (broad SMARTS) is 1. The molecule has 16 atom stereocenters. The van der Waals surface area contributed by atoms with Crippen molar-refractivity contribution in [3.05, 3.63) is 0 Å². The fourth-order valence-corrected chi connectivity index (χ4v) is 5.02. The van der Waals surface area contributed by atoms with Gasteiger partial charge in [-0.15, -0.1) is 0 Å². The first-order valence-corrected chi connectivity index (χ1v) is 13.2. The van der Waals surface area contributed by atoms with Gasteiger partial charge in [-0.1, -0.05) is 0 Å². The molecule has 0 aromatic heterocycles. The lowest BCUT2D eigenvalue weighted by Crippen LogP contribution is -2.68. The van der Waals surface area contributed by atoms with Crippen LogP contribution in [0.4, 0.5) is 0 Å². The summed E-state index contributed by atoms with van der Waals surface area (Å²) in [4.78, 5) is 24.0. The monoisotopic (exact) mass is 633 g/mol. The van der Waals surface area contributed by atoms with Gasteiger partial charge in [-0.3, -0.25) is 4.79 Å². The molecule has 43 heavy (non-hydrogen) atoms. The van der Waals surface area contributed by atoms with E-state index >= 15 is 0 Å². The highest BCUT2D eigenvalue weighted by molar-refractivity contribution is 5.76. The minimum atomic E-state index is -2.84. The molecule has 3 rings (SSSR count). The van der Waals surface area contributed by atoms with Crippen LogP contribution in [0.25, 0.3) is 0 Å². The van der Waals surface area contributed by atoms with Gasteiger partial charge in [-0.2, -0.15) is 0 Å². The Bertz CT molecular complexity index is 942. The lowest BCUT2D eigenvalue weighted by atomic mass is 9.90. The zero-order valence-corrected chi connectivity index (χ0v) is 22.7. The van der Waals surface area contributed by atoms with Crippen LogP contribution in [0.3, 0.4) is 0 Å². The highest BCUT2D eigenvalue weighted by Crippen LogP contribution is 2.35. The molecular formula is C23H39NO19. The van der Waals surface area contributed by atoms with Crippen molar-refractivity contribution in [2.75, 3.05) is 19.8 Å². The van der Waals surface area contributed by atoms with Crippen molar-refractivity contribution in [1.29, 1.82) is 0 Å². The third kappa shape index (κ3) is 7.58. The van der Waals surface area contributed by atoms with Crippen LogP contribution in [0.2, 0.25) is 0 Å². The third-order valence-electron chi connectivity index (χ3n) is 7.46. The van der Waals surface area contributed by atoms with Crippen molar-refractivity contribution < 1.29 is 94.6 Å². The molecule has 3 aliphatic heterocycles. The predicted molar refractivity (Wildman–Crippen MR) is 130 cm³/mol. The van der Waals surface area contributed by atoms with Crippen LogP contribution in [-0.4, -0.2) is 191 Å². The molecule has 0 bridgehead atoms. The van der Waals surface area contributed by atoms with E-state index in [9.17, 15) is 65.8 Å². The second-order valence-electron chi connectivity index (χ2n) is 10.5. The Morgan fingerprint density at radius 1 is 0.930 bits per heavy atom. The van der Waals surface area contributed by atoms with E-state index < -0.39 is 136 Å². The summed E-state index contributed by atoms with van der Waals surface area (Å²) >= 11 is 0. The van der Waals surface area contributed by atoms with Crippen LogP contribution >= 0.6 is 0 Å². The lowest BCUT2D eigenvalue weighted by molar-refractivity contribution is -0.355. The number of carbonyl (C=O) groups excluding carboxylic acids is 1.